The van der Waals surface area contributed by atoms with Gasteiger partial charge in [-0.05, 0) is 14.0 Å². The lowest BCUT2D eigenvalue weighted by molar-refractivity contribution is 0.268. The average Bonchev–Trinajstić information content (AvgIpc) is 2.67. The van der Waals surface area contributed by atoms with Gasteiger partial charge in [-0.15, -0.1) is 0 Å². The Morgan fingerprint density at radius 1 is 1.16 bits per heavy atom. The summed E-state index contributed by atoms with van der Waals surface area (Å²) in [5.41, 5.74) is -0.190. The number of halogens is 3. The van der Waals surface area contributed by atoms with Crippen LogP contribution >= 0.6 is 22.9 Å². The van der Waals surface area contributed by atoms with Crippen LogP contribution in [0.3, 0.4) is 0 Å². The van der Waals surface area contributed by atoms with E-state index in [1.54, 1.807) is 29.9 Å². The zero-order valence-electron chi connectivity index (χ0n) is 14.2. The number of hydrogen-bond donors (Lipinski definition) is 0. The third-order valence-corrected chi connectivity index (χ3v) is 6.06. The molecule has 0 spiro atoms. The second kappa shape index (κ2) is 5.76. The highest BCUT2D eigenvalue weighted by Crippen LogP contribution is 2.41. The van der Waals surface area contributed by atoms with Crippen molar-refractivity contribution in [1.82, 2.24) is 12.7 Å². The maximum atomic E-state index is 15.0. The van der Waals surface area contributed by atoms with Crippen LogP contribution in [0.4, 0.5) is 20.3 Å². The maximum Gasteiger partial charge on any atom is 0.359 e. The number of piperazine rings is 1. The lowest BCUT2D eigenvalue weighted by atomic mass is 10.1. The van der Waals surface area contributed by atoms with Gasteiger partial charge in [0.2, 0.25) is 0 Å². The fourth-order valence-corrected chi connectivity index (χ4v) is 4.45. The monoisotopic (exact) mass is 461 g/mol. The molecule has 9 heteroatoms. The minimum Gasteiger partial charge on any atom is -0.369 e. The Labute approximate surface area is 157 Å². The van der Waals surface area contributed by atoms with Crippen LogP contribution < -0.4 is 15.5 Å². The Kier molecular flexibility index (Phi) is 3.91. The first-order valence-corrected chi connectivity index (χ1v) is 9.04. The van der Waals surface area contributed by atoms with E-state index in [0.717, 1.165) is 15.9 Å². The highest BCUT2D eigenvalue weighted by molar-refractivity contribution is 14.1. The molecule has 0 N–H and O–H groups in total. The number of fused-ring (bicyclic) bond motifs is 2. The van der Waals surface area contributed by atoms with Gasteiger partial charge in [0, 0.05) is 38.8 Å². The van der Waals surface area contributed by atoms with Crippen molar-refractivity contribution in [1.29, 1.82) is 0 Å². The molecule has 0 amide bonds. The molecule has 2 aliphatic heterocycles. The summed E-state index contributed by atoms with van der Waals surface area (Å²) >= 11 is 1.74. The van der Waals surface area contributed by atoms with Crippen LogP contribution in [0.15, 0.2) is 4.79 Å². The van der Waals surface area contributed by atoms with Gasteiger partial charge in [0.1, 0.15) is 11.3 Å². The zero-order valence-corrected chi connectivity index (χ0v) is 16.3. The third-order valence-electron chi connectivity index (χ3n) is 5.16. The second-order valence-electron chi connectivity index (χ2n) is 6.81. The molecule has 134 valence electrons. The molecule has 4 rings (SSSR count). The summed E-state index contributed by atoms with van der Waals surface area (Å²) in [7, 11) is 3.84. The molecule has 1 aromatic heterocycles. The van der Waals surface area contributed by atoms with E-state index in [-0.39, 0.29) is 17.1 Å². The van der Waals surface area contributed by atoms with Crippen LogP contribution in [0.5, 0.6) is 0 Å². The summed E-state index contributed by atoms with van der Waals surface area (Å²) in [5.74, 6) is -0.894. The van der Waals surface area contributed by atoms with Crippen molar-refractivity contribution in [2.45, 2.75) is 13.0 Å². The first kappa shape index (κ1) is 17.0. The standard InChI is InChI=1S/C16H18F2IN5O/c1-8-11(17)13-10-14(12(8)18)24(19)16(25)20-15(10)23-5-4-21(2)6-9(23)7-22(13)3/h9H,4-7H2,1-3H3. The molecule has 1 fully saturated rings. The number of benzene rings is 1. The van der Waals surface area contributed by atoms with Crippen molar-refractivity contribution < 1.29 is 8.78 Å². The Bertz CT molecular complexity index is 947. The van der Waals surface area contributed by atoms with Crippen molar-refractivity contribution in [2.75, 3.05) is 50.1 Å². The maximum absolute atomic E-state index is 15.0. The lowest BCUT2D eigenvalue weighted by Crippen LogP contribution is -2.55. The van der Waals surface area contributed by atoms with Gasteiger partial charge in [0.05, 0.1) is 40.0 Å². The predicted octanol–water partition coefficient (Wildman–Crippen LogP) is 1.75. The summed E-state index contributed by atoms with van der Waals surface area (Å²) in [6.07, 6.45) is 0. The normalized spacial score (nSPS) is 20.8. The van der Waals surface area contributed by atoms with Gasteiger partial charge >= 0.3 is 5.69 Å². The first-order chi connectivity index (χ1) is 11.8. The number of hydrogen-bond acceptors (Lipinski definition) is 5. The summed E-state index contributed by atoms with van der Waals surface area (Å²) in [5, 5.41) is 0.379. The van der Waals surface area contributed by atoms with E-state index in [1.165, 1.54) is 6.92 Å². The smallest absolute Gasteiger partial charge is 0.359 e. The van der Waals surface area contributed by atoms with E-state index in [1.807, 2.05) is 16.8 Å². The van der Waals surface area contributed by atoms with Gasteiger partial charge < -0.3 is 14.7 Å². The highest BCUT2D eigenvalue weighted by Gasteiger charge is 2.36. The number of likely N-dealkylation sites (N-methyl/N-ethyl adjacent to an activating group) is 2. The Morgan fingerprint density at radius 3 is 2.60 bits per heavy atom. The molecule has 6 nitrogen and oxygen atoms in total. The van der Waals surface area contributed by atoms with Crippen LogP contribution in [-0.4, -0.2) is 59.0 Å². The van der Waals surface area contributed by atoms with Gasteiger partial charge in [-0.2, -0.15) is 4.98 Å². The Hall–Kier alpha value is -1.49. The molecule has 2 aromatic rings. The predicted molar refractivity (Wildman–Crippen MR) is 102 cm³/mol. The summed E-state index contributed by atoms with van der Waals surface area (Å²) in [6.45, 7) is 4.23. The van der Waals surface area contributed by atoms with Crippen LogP contribution in [0.1, 0.15) is 5.56 Å². The van der Waals surface area contributed by atoms with Crippen molar-refractivity contribution in [2.24, 2.45) is 0 Å². The quantitative estimate of drug-likeness (QED) is 0.560. The third kappa shape index (κ3) is 2.35. The van der Waals surface area contributed by atoms with E-state index in [0.29, 0.717) is 30.0 Å². The SMILES string of the molecule is Cc1c(F)c2c3c(nc(=O)n(I)c3c1F)N1CCN(C)CC1CN2C. The molecule has 0 aliphatic carbocycles. The molecule has 2 aliphatic rings. The largest absolute Gasteiger partial charge is 0.369 e. The van der Waals surface area contributed by atoms with E-state index >= 15 is 0 Å². The Morgan fingerprint density at radius 2 is 1.88 bits per heavy atom. The van der Waals surface area contributed by atoms with Crippen LogP contribution in [0.25, 0.3) is 10.9 Å². The number of rotatable bonds is 0. The molecule has 25 heavy (non-hydrogen) atoms. The van der Waals surface area contributed by atoms with Gasteiger partial charge in [0.25, 0.3) is 0 Å². The molecule has 0 bridgehead atoms. The van der Waals surface area contributed by atoms with E-state index in [9.17, 15) is 13.6 Å². The molecule has 3 heterocycles. The minimum absolute atomic E-state index is 0.0547. The molecule has 1 aromatic carbocycles. The first-order valence-electron chi connectivity index (χ1n) is 8.08. The zero-order chi connectivity index (χ0) is 18.0. The minimum atomic E-state index is -0.702. The van der Waals surface area contributed by atoms with E-state index in [4.69, 9.17) is 0 Å². The molecule has 0 saturated carbocycles. The topological polar surface area (TPSA) is 44.6 Å². The lowest BCUT2D eigenvalue weighted by Gasteiger charge is -2.40. The van der Waals surface area contributed by atoms with Gasteiger partial charge in [0.15, 0.2) is 11.6 Å². The average molecular weight is 461 g/mol. The number of nitrogens with zero attached hydrogens (tertiary/aromatic N) is 5. The van der Waals surface area contributed by atoms with Crippen LogP contribution in [-0.2, 0) is 0 Å². The van der Waals surface area contributed by atoms with Gasteiger partial charge in [-0.3, -0.25) is 0 Å². The van der Waals surface area contributed by atoms with Crippen molar-refractivity contribution in [3.63, 3.8) is 0 Å². The summed E-state index contributed by atoms with van der Waals surface area (Å²) in [6, 6.07) is 0.0547. The summed E-state index contributed by atoms with van der Waals surface area (Å²) in [4.78, 5) is 22.6. The fraction of sp³-hybridized carbons (Fsp3) is 0.500. The van der Waals surface area contributed by atoms with Gasteiger partial charge in [-0.1, -0.05) is 0 Å². The van der Waals surface area contributed by atoms with Gasteiger partial charge in [-0.25, -0.2) is 16.4 Å². The summed E-state index contributed by atoms with van der Waals surface area (Å²) < 4.78 is 31.0. The molecular formula is C16H18F2IN5O. The Balaban J connectivity index is 2.15. The molecule has 0 radical (unpaired) electrons. The number of anilines is 2. The molecule has 1 unspecified atom stereocenters. The molecule has 1 saturated heterocycles. The molecule has 1 atom stereocenters. The van der Waals surface area contributed by atoms with Crippen molar-refractivity contribution in [3.8, 4) is 0 Å². The van der Waals surface area contributed by atoms with Crippen LogP contribution in [0, 0.1) is 18.6 Å². The van der Waals surface area contributed by atoms with Crippen LogP contribution in [0.2, 0.25) is 0 Å². The van der Waals surface area contributed by atoms with Crippen molar-refractivity contribution in [3.05, 3.63) is 27.7 Å². The second-order valence-corrected chi connectivity index (χ2v) is 7.78. The number of aromatic nitrogens is 2. The van der Waals surface area contributed by atoms with E-state index < -0.39 is 17.3 Å². The van der Waals surface area contributed by atoms with Crippen molar-refractivity contribution >= 4 is 45.3 Å². The highest BCUT2D eigenvalue weighted by atomic mass is 127. The fourth-order valence-electron chi connectivity index (χ4n) is 3.88. The van der Waals surface area contributed by atoms with E-state index in [2.05, 4.69) is 9.88 Å². The molecular weight excluding hydrogens is 443 g/mol.